The molecule has 0 aliphatic rings. The molecule has 1 unspecified atom stereocenters. The second kappa shape index (κ2) is 5.18. The van der Waals surface area contributed by atoms with Gasteiger partial charge in [-0.1, -0.05) is 29.3 Å². The maximum absolute atomic E-state index is 10.3. The largest absolute Gasteiger partial charge is 0.495 e. The van der Waals surface area contributed by atoms with Gasteiger partial charge < -0.3 is 14.4 Å². The Hall–Kier alpha value is -1.23. The standard InChI is InChI=1S/C12H12Cl2N2O2/c1-16-10(14)6-15-12(16)11(17)7-3-4-8(13)9(5-7)18-2/h3-6,11,17H,1-2H3. The van der Waals surface area contributed by atoms with Gasteiger partial charge in [-0.2, -0.15) is 0 Å². The molecule has 0 spiro atoms. The number of hydrogen-bond acceptors (Lipinski definition) is 3. The lowest BCUT2D eigenvalue weighted by Gasteiger charge is -2.13. The number of methoxy groups -OCH3 is 1. The number of imidazole rings is 1. The maximum Gasteiger partial charge on any atom is 0.143 e. The first-order chi connectivity index (χ1) is 8.54. The van der Waals surface area contributed by atoms with Gasteiger partial charge in [0.05, 0.1) is 18.3 Å². The minimum atomic E-state index is -0.881. The van der Waals surface area contributed by atoms with Gasteiger partial charge >= 0.3 is 0 Å². The minimum absolute atomic E-state index is 0.462. The highest BCUT2D eigenvalue weighted by atomic mass is 35.5. The zero-order valence-electron chi connectivity index (χ0n) is 9.89. The maximum atomic E-state index is 10.3. The fourth-order valence-corrected chi connectivity index (χ4v) is 1.98. The van der Waals surface area contributed by atoms with Crippen LogP contribution in [0.1, 0.15) is 17.5 Å². The number of halogens is 2. The topological polar surface area (TPSA) is 47.3 Å². The van der Waals surface area contributed by atoms with Crippen molar-refractivity contribution in [2.24, 2.45) is 7.05 Å². The zero-order chi connectivity index (χ0) is 13.3. The van der Waals surface area contributed by atoms with E-state index in [-0.39, 0.29) is 0 Å². The van der Waals surface area contributed by atoms with Crippen LogP contribution in [0.4, 0.5) is 0 Å². The summed E-state index contributed by atoms with van der Waals surface area (Å²) in [7, 11) is 3.26. The second-order valence-corrected chi connectivity index (χ2v) is 4.59. The molecule has 0 radical (unpaired) electrons. The molecule has 1 aromatic heterocycles. The van der Waals surface area contributed by atoms with Crippen LogP contribution in [-0.4, -0.2) is 21.8 Å². The predicted octanol–water partition coefficient (Wildman–Crippen LogP) is 2.82. The van der Waals surface area contributed by atoms with E-state index in [1.165, 1.54) is 13.3 Å². The lowest BCUT2D eigenvalue weighted by atomic mass is 10.1. The van der Waals surface area contributed by atoms with E-state index in [0.717, 1.165) is 0 Å². The number of nitrogens with zero attached hydrogens (tertiary/aromatic N) is 2. The van der Waals surface area contributed by atoms with Gasteiger partial charge in [-0.25, -0.2) is 4.98 Å². The molecule has 4 nitrogen and oxygen atoms in total. The quantitative estimate of drug-likeness (QED) is 0.944. The van der Waals surface area contributed by atoms with Crippen molar-refractivity contribution in [2.45, 2.75) is 6.10 Å². The Morgan fingerprint density at radius 2 is 2.11 bits per heavy atom. The molecule has 2 aromatic rings. The van der Waals surface area contributed by atoms with E-state index < -0.39 is 6.10 Å². The summed E-state index contributed by atoms with van der Waals surface area (Å²) < 4.78 is 6.73. The summed E-state index contributed by atoms with van der Waals surface area (Å²) in [6.07, 6.45) is 0.612. The normalized spacial score (nSPS) is 12.5. The summed E-state index contributed by atoms with van der Waals surface area (Å²) in [4.78, 5) is 4.08. The number of aliphatic hydroxyl groups is 1. The molecule has 0 fully saturated rings. The Bertz CT molecular complexity index is 569. The number of hydrogen-bond donors (Lipinski definition) is 1. The van der Waals surface area contributed by atoms with Crippen LogP contribution >= 0.6 is 23.2 Å². The Morgan fingerprint density at radius 1 is 1.39 bits per heavy atom. The van der Waals surface area contributed by atoms with Crippen molar-refractivity contribution < 1.29 is 9.84 Å². The van der Waals surface area contributed by atoms with Crippen LogP contribution in [-0.2, 0) is 7.05 Å². The fraction of sp³-hybridized carbons (Fsp3) is 0.250. The van der Waals surface area contributed by atoms with Gasteiger partial charge in [-0.05, 0) is 17.7 Å². The van der Waals surface area contributed by atoms with Crippen molar-refractivity contribution >= 4 is 23.2 Å². The fourth-order valence-electron chi connectivity index (χ4n) is 1.65. The first kappa shape index (κ1) is 13.2. The van der Waals surface area contributed by atoms with Gasteiger partial charge in [-0.15, -0.1) is 0 Å². The van der Waals surface area contributed by atoms with E-state index in [1.54, 1.807) is 29.8 Å². The SMILES string of the molecule is COc1cc(C(O)c2ncc(Cl)n2C)ccc1Cl. The molecular formula is C12H12Cl2N2O2. The van der Waals surface area contributed by atoms with E-state index in [4.69, 9.17) is 27.9 Å². The van der Waals surface area contributed by atoms with Crippen molar-refractivity contribution in [3.05, 3.63) is 46.0 Å². The van der Waals surface area contributed by atoms with Crippen LogP contribution in [0.15, 0.2) is 24.4 Å². The van der Waals surface area contributed by atoms with Gasteiger partial charge in [0.2, 0.25) is 0 Å². The molecule has 0 amide bonds. The van der Waals surface area contributed by atoms with Gasteiger partial charge in [0.15, 0.2) is 0 Å². The molecule has 0 saturated carbocycles. The Kier molecular flexibility index (Phi) is 3.80. The third-order valence-electron chi connectivity index (χ3n) is 2.70. The average Bonchev–Trinajstić information content (AvgIpc) is 2.70. The van der Waals surface area contributed by atoms with Crippen molar-refractivity contribution in [2.75, 3.05) is 7.11 Å². The summed E-state index contributed by atoms with van der Waals surface area (Å²) >= 11 is 11.8. The molecular weight excluding hydrogens is 275 g/mol. The van der Waals surface area contributed by atoms with Crippen LogP contribution in [0, 0.1) is 0 Å². The third kappa shape index (κ3) is 2.32. The summed E-state index contributed by atoms with van der Waals surface area (Å²) in [6.45, 7) is 0. The Balaban J connectivity index is 2.40. The molecule has 0 aliphatic heterocycles. The second-order valence-electron chi connectivity index (χ2n) is 3.79. The monoisotopic (exact) mass is 286 g/mol. The van der Waals surface area contributed by atoms with E-state index in [0.29, 0.717) is 27.3 Å². The van der Waals surface area contributed by atoms with E-state index in [9.17, 15) is 5.11 Å². The van der Waals surface area contributed by atoms with Crippen molar-refractivity contribution in [1.29, 1.82) is 0 Å². The molecule has 1 N–H and O–H groups in total. The molecule has 6 heteroatoms. The molecule has 1 aromatic carbocycles. The summed E-state index contributed by atoms with van der Waals surface area (Å²) in [5.41, 5.74) is 0.640. The number of benzene rings is 1. The van der Waals surface area contributed by atoms with E-state index in [2.05, 4.69) is 4.98 Å². The van der Waals surface area contributed by atoms with E-state index >= 15 is 0 Å². The average molecular weight is 287 g/mol. The zero-order valence-corrected chi connectivity index (χ0v) is 11.4. The number of aromatic nitrogens is 2. The number of rotatable bonds is 3. The highest BCUT2D eigenvalue weighted by Crippen LogP contribution is 2.30. The molecule has 2 rings (SSSR count). The van der Waals surface area contributed by atoms with Crippen LogP contribution in [0.2, 0.25) is 10.2 Å². The third-order valence-corrected chi connectivity index (χ3v) is 3.37. The van der Waals surface area contributed by atoms with Crippen LogP contribution in [0.5, 0.6) is 5.75 Å². The molecule has 0 aliphatic carbocycles. The van der Waals surface area contributed by atoms with Crippen molar-refractivity contribution in [3.63, 3.8) is 0 Å². The predicted molar refractivity (Wildman–Crippen MR) is 70.3 cm³/mol. The van der Waals surface area contributed by atoms with Gasteiger partial charge in [0, 0.05) is 7.05 Å². The van der Waals surface area contributed by atoms with Crippen LogP contribution < -0.4 is 4.74 Å². The molecule has 0 bridgehead atoms. The number of ether oxygens (including phenoxy) is 1. The summed E-state index contributed by atoms with van der Waals surface area (Å²) in [6, 6.07) is 5.07. The summed E-state index contributed by atoms with van der Waals surface area (Å²) in [5, 5.41) is 11.2. The molecule has 0 saturated heterocycles. The lowest BCUT2D eigenvalue weighted by Crippen LogP contribution is -2.07. The van der Waals surface area contributed by atoms with E-state index in [1.807, 2.05) is 0 Å². The lowest BCUT2D eigenvalue weighted by molar-refractivity contribution is 0.206. The Morgan fingerprint density at radius 3 is 2.67 bits per heavy atom. The number of aliphatic hydroxyl groups excluding tert-OH is 1. The van der Waals surface area contributed by atoms with Crippen LogP contribution in [0.3, 0.4) is 0 Å². The minimum Gasteiger partial charge on any atom is -0.495 e. The van der Waals surface area contributed by atoms with Crippen molar-refractivity contribution in [3.8, 4) is 5.75 Å². The first-order valence-electron chi connectivity index (χ1n) is 5.23. The van der Waals surface area contributed by atoms with Crippen molar-refractivity contribution in [1.82, 2.24) is 9.55 Å². The molecule has 1 heterocycles. The first-order valence-corrected chi connectivity index (χ1v) is 5.98. The smallest absolute Gasteiger partial charge is 0.143 e. The Labute approximate surface area is 115 Å². The van der Waals surface area contributed by atoms with Gasteiger partial charge in [0.1, 0.15) is 22.8 Å². The van der Waals surface area contributed by atoms with Crippen LogP contribution in [0.25, 0.3) is 0 Å². The highest BCUT2D eigenvalue weighted by molar-refractivity contribution is 6.32. The summed E-state index contributed by atoms with van der Waals surface area (Å²) in [5.74, 6) is 0.970. The highest BCUT2D eigenvalue weighted by Gasteiger charge is 2.18. The molecule has 96 valence electrons. The van der Waals surface area contributed by atoms with Gasteiger partial charge in [0.25, 0.3) is 0 Å². The molecule has 1 atom stereocenters. The molecule has 18 heavy (non-hydrogen) atoms. The van der Waals surface area contributed by atoms with Gasteiger partial charge in [-0.3, -0.25) is 0 Å².